The predicted octanol–water partition coefficient (Wildman–Crippen LogP) is 1.38. The van der Waals surface area contributed by atoms with Gasteiger partial charge in [-0.05, 0) is 40.5 Å². The normalized spacial score (nSPS) is 16.2. The Morgan fingerprint density at radius 3 is 2.80 bits per heavy atom. The van der Waals surface area contributed by atoms with Crippen molar-refractivity contribution in [1.82, 2.24) is 30.1 Å². The highest BCUT2D eigenvalue weighted by atomic mass is 35.5. The van der Waals surface area contributed by atoms with Crippen LogP contribution < -0.4 is 10.6 Å². The molecule has 2 amide bonds. The van der Waals surface area contributed by atoms with Gasteiger partial charge in [0.2, 0.25) is 5.91 Å². The molecule has 0 bridgehead atoms. The SMILES string of the molecule is Cc1cc2ncc(C(=O)NCC(C)(C)NCC(=O)N3CCC[C@H]3C#N)c(C)n2n1.Cl. The molecule has 0 radical (unpaired) electrons. The Bertz CT molecular complexity index is 979. The Kier molecular flexibility index (Phi) is 7.39. The Morgan fingerprint density at radius 2 is 2.10 bits per heavy atom. The van der Waals surface area contributed by atoms with Gasteiger partial charge in [-0.15, -0.1) is 12.4 Å². The van der Waals surface area contributed by atoms with Crippen LogP contribution >= 0.6 is 12.4 Å². The highest BCUT2D eigenvalue weighted by Crippen LogP contribution is 2.16. The molecule has 1 aliphatic rings. The molecule has 3 heterocycles. The summed E-state index contributed by atoms with van der Waals surface area (Å²) in [6.07, 6.45) is 3.15. The first-order chi connectivity index (χ1) is 13.7. The van der Waals surface area contributed by atoms with E-state index in [1.807, 2.05) is 33.8 Å². The minimum atomic E-state index is -0.499. The Labute approximate surface area is 182 Å². The van der Waals surface area contributed by atoms with Crippen LogP contribution in [0.5, 0.6) is 0 Å². The summed E-state index contributed by atoms with van der Waals surface area (Å²) in [7, 11) is 0. The van der Waals surface area contributed by atoms with Crippen LogP contribution in [0, 0.1) is 25.2 Å². The van der Waals surface area contributed by atoms with Crippen molar-refractivity contribution in [1.29, 1.82) is 5.26 Å². The first-order valence-corrected chi connectivity index (χ1v) is 9.76. The number of aryl methyl sites for hydroxylation is 2. The highest BCUT2D eigenvalue weighted by molar-refractivity contribution is 5.95. The molecule has 3 rings (SSSR count). The second-order valence-electron chi connectivity index (χ2n) is 8.11. The minimum Gasteiger partial charge on any atom is -0.350 e. The molecule has 162 valence electrons. The van der Waals surface area contributed by atoms with Crippen LogP contribution in [0.25, 0.3) is 5.65 Å². The van der Waals surface area contributed by atoms with Gasteiger partial charge in [0.15, 0.2) is 5.65 Å². The summed E-state index contributed by atoms with van der Waals surface area (Å²) in [6, 6.07) is 3.70. The van der Waals surface area contributed by atoms with E-state index in [2.05, 4.69) is 26.8 Å². The Hall–Kier alpha value is -2.70. The average Bonchev–Trinajstić information content (AvgIpc) is 3.31. The van der Waals surface area contributed by atoms with Gasteiger partial charge in [-0.2, -0.15) is 10.4 Å². The van der Waals surface area contributed by atoms with Gasteiger partial charge in [-0.3, -0.25) is 9.59 Å². The van der Waals surface area contributed by atoms with Gasteiger partial charge < -0.3 is 15.5 Å². The smallest absolute Gasteiger partial charge is 0.254 e. The molecule has 1 saturated heterocycles. The van der Waals surface area contributed by atoms with E-state index in [0.29, 0.717) is 24.3 Å². The summed E-state index contributed by atoms with van der Waals surface area (Å²) < 4.78 is 1.66. The third kappa shape index (κ3) is 5.07. The number of nitrogens with zero attached hydrogens (tertiary/aromatic N) is 5. The van der Waals surface area contributed by atoms with E-state index < -0.39 is 5.54 Å². The topological polar surface area (TPSA) is 115 Å². The van der Waals surface area contributed by atoms with Crippen molar-refractivity contribution in [2.45, 2.75) is 52.1 Å². The summed E-state index contributed by atoms with van der Waals surface area (Å²) in [5.41, 5.74) is 2.22. The molecule has 30 heavy (non-hydrogen) atoms. The molecule has 2 aromatic rings. The van der Waals surface area contributed by atoms with Crippen LogP contribution in [0.15, 0.2) is 12.3 Å². The minimum absolute atomic E-state index is 0. The molecule has 1 fully saturated rings. The van der Waals surface area contributed by atoms with Crippen molar-refractivity contribution < 1.29 is 9.59 Å². The number of hydrogen-bond donors (Lipinski definition) is 2. The number of rotatable bonds is 6. The van der Waals surface area contributed by atoms with Gasteiger partial charge in [0, 0.05) is 30.9 Å². The molecule has 2 aromatic heterocycles. The van der Waals surface area contributed by atoms with Crippen molar-refractivity contribution in [3.63, 3.8) is 0 Å². The van der Waals surface area contributed by atoms with Gasteiger partial charge >= 0.3 is 0 Å². The quantitative estimate of drug-likeness (QED) is 0.711. The van der Waals surface area contributed by atoms with Crippen LogP contribution in [-0.4, -0.2) is 62.5 Å². The maximum absolute atomic E-state index is 12.7. The van der Waals surface area contributed by atoms with E-state index in [-0.39, 0.29) is 36.8 Å². The summed E-state index contributed by atoms with van der Waals surface area (Å²) in [4.78, 5) is 31.0. The van der Waals surface area contributed by atoms with Crippen molar-refractivity contribution in [2.24, 2.45) is 0 Å². The maximum Gasteiger partial charge on any atom is 0.254 e. The van der Waals surface area contributed by atoms with Crippen molar-refractivity contribution in [3.8, 4) is 6.07 Å². The second-order valence-corrected chi connectivity index (χ2v) is 8.11. The fourth-order valence-electron chi connectivity index (χ4n) is 3.46. The van der Waals surface area contributed by atoms with Crippen LogP contribution in [0.3, 0.4) is 0 Å². The number of carbonyl (C=O) groups is 2. The molecule has 0 spiro atoms. The van der Waals surface area contributed by atoms with E-state index >= 15 is 0 Å². The number of nitrogens with one attached hydrogen (secondary N) is 2. The zero-order chi connectivity index (χ0) is 21.2. The van der Waals surface area contributed by atoms with Gasteiger partial charge in [-0.25, -0.2) is 9.50 Å². The van der Waals surface area contributed by atoms with Crippen LogP contribution in [0.1, 0.15) is 48.4 Å². The number of carbonyl (C=O) groups excluding carboxylic acids is 2. The molecule has 10 heteroatoms. The fourth-order valence-corrected chi connectivity index (χ4v) is 3.46. The fraction of sp³-hybridized carbons (Fsp3) is 0.550. The lowest BCUT2D eigenvalue weighted by Gasteiger charge is -2.28. The van der Waals surface area contributed by atoms with E-state index in [0.717, 1.165) is 24.2 Å². The standard InChI is InChI=1S/C20H27N7O2.ClH/c1-13-8-17-22-10-16(14(2)27(17)25-13)19(29)23-12-20(3,4)24-11-18(28)26-7-5-6-15(26)9-21;/h8,10,15,24H,5-7,11-12H2,1-4H3,(H,23,29);1H/t15-;/m0./s1. The first kappa shape index (κ1) is 23.6. The van der Waals surface area contributed by atoms with Crippen LogP contribution in [0.4, 0.5) is 0 Å². The zero-order valence-electron chi connectivity index (χ0n) is 17.7. The molecule has 0 saturated carbocycles. The Morgan fingerprint density at radius 1 is 1.37 bits per heavy atom. The molecular formula is C20H28ClN7O2. The van der Waals surface area contributed by atoms with E-state index in [1.165, 1.54) is 0 Å². The first-order valence-electron chi connectivity index (χ1n) is 9.76. The molecule has 0 aromatic carbocycles. The number of halogens is 1. The highest BCUT2D eigenvalue weighted by Gasteiger charge is 2.29. The molecule has 1 atom stereocenters. The monoisotopic (exact) mass is 433 g/mol. The molecule has 0 aliphatic carbocycles. The zero-order valence-corrected chi connectivity index (χ0v) is 18.5. The third-order valence-corrected chi connectivity index (χ3v) is 5.22. The molecular weight excluding hydrogens is 406 g/mol. The number of nitriles is 1. The van der Waals surface area contributed by atoms with E-state index in [4.69, 9.17) is 5.26 Å². The van der Waals surface area contributed by atoms with Gasteiger partial charge in [0.25, 0.3) is 5.91 Å². The van der Waals surface area contributed by atoms with Gasteiger partial charge in [0.1, 0.15) is 6.04 Å². The number of likely N-dealkylation sites (tertiary alicyclic amines) is 1. The maximum atomic E-state index is 12.7. The summed E-state index contributed by atoms with van der Waals surface area (Å²) in [5.74, 6) is -0.330. The predicted molar refractivity (Wildman–Crippen MR) is 114 cm³/mol. The summed E-state index contributed by atoms with van der Waals surface area (Å²) in [5, 5.41) is 19.6. The largest absolute Gasteiger partial charge is 0.350 e. The molecule has 1 aliphatic heterocycles. The van der Waals surface area contributed by atoms with Crippen LogP contribution in [0.2, 0.25) is 0 Å². The third-order valence-electron chi connectivity index (χ3n) is 5.22. The number of hydrogen-bond acceptors (Lipinski definition) is 6. The van der Waals surface area contributed by atoms with E-state index in [1.54, 1.807) is 15.6 Å². The van der Waals surface area contributed by atoms with Crippen molar-refractivity contribution in [2.75, 3.05) is 19.6 Å². The average molecular weight is 434 g/mol. The molecule has 0 unspecified atom stereocenters. The number of fused-ring (bicyclic) bond motifs is 1. The molecule has 2 N–H and O–H groups in total. The van der Waals surface area contributed by atoms with Gasteiger partial charge in [0.05, 0.1) is 29.6 Å². The lowest BCUT2D eigenvalue weighted by atomic mass is 10.1. The molecule has 9 nitrogen and oxygen atoms in total. The lowest BCUT2D eigenvalue weighted by molar-refractivity contribution is -0.130. The second kappa shape index (κ2) is 9.41. The summed E-state index contributed by atoms with van der Waals surface area (Å²) in [6.45, 7) is 8.62. The van der Waals surface area contributed by atoms with Crippen molar-refractivity contribution >= 4 is 29.9 Å². The Balaban J connectivity index is 0.00000320. The van der Waals surface area contributed by atoms with Crippen molar-refractivity contribution in [3.05, 3.63) is 29.2 Å². The lowest BCUT2D eigenvalue weighted by Crippen LogP contribution is -2.52. The number of amides is 2. The number of aromatic nitrogens is 3. The van der Waals surface area contributed by atoms with E-state index in [9.17, 15) is 9.59 Å². The van der Waals surface area contributed by atoms with Gasteiger partial charge in [-0.1, -0.05) is 0 Å². The summed E-state index contributed by atoms with van der Waals surface area (Å²) >= 11 is 0. The van der Waals surface area contributed by atoms with Crippen LogP contribution in [-0.2, 0) is 4.79 Å².